The maximum atomic E-state index is 11.9. The number of fused-ring (bicyclic) bond motifs is 1. The van der Waals surface area contributed by atoms with Crippen molar-refractivity contribution in [1.82, 2.24) is 4.90 Å². The van der Waals surface area contributed by atoms with Crippen LogP contribution in [0.5, 0.6) is 0 Å². The van der Waals surface area contributed by atoms with Crippen LogP contribution >= 0.6 is 23.7 Å². The monoisotopic (exact) mass is 327 g/mol. The number of benzene rings is 1. The van der Waals surface area contributed by atoms with Crippen molar-refractivity contribution >= 4 is 39.8 Å². The molecular formula is C16H22ClNO2S. The molecule has 5 heteroatoms. The fourth-order valence-corrected chi connectivity index (χ4v) is 3.17. The van der Waals surface area contributed by atoms with E-state index < -0.39 is 0 Å². The first-order valence-electron chi connectivity index (χ1n) is 7.07. The van der Waals surface area contributed by atoms with E-state index in [4.69, 9.17) is 4.74 Å². The number of rotatable bonds is 7. The molecule has 0 amide bonds. The van der Waals surface area contributed by atoms with Crippen LogP contribution in [-0.2, 0) is 16.0 Å². The molecule has 0 saturated heterocycles. The topological polar surface area (TPSA) is 29.5 Å². The third-order valence-electron chi connectivity index (χ3n) is 3.46. The van der Waals surface area contributed by atoms with Crippen molar-refractivity contribution in [1.29, 1.82) is 0 Å². The third kappa shape index (κ3) is 4.99. The van der Waals surface area contributed by atoms with E-state index >= 15 is 0 Å². The number of hydrogen-bond donors (Lipinski definition) is 0. The Bertz CT molecular complexity index is 566. The second kappa shape index (κ2) is 9.03. The Labute approximate surface area is 136 Å². The summed E-state index contributed by atoms with van der Waals surface area (Å²) in [5.41, 5.74) is 1.07. The van der Waals surface area contributed by atoms with Gasteiger partial charge in [-0.05, 0) is 35.5 Å². The largest absolute Gasteiger partial charge is 0.464 e. The van der Waals surface area contributed by atoms with E-state index in [1.807, 2.05) is 12.1 Å². The zero-order valence-electron chi connectivity index (χ0n) is 12.5. The molecule has 0 aliphatic carbocycles. The predicted molar refractivity (Wildman–Crippen MR) is 91.5 cm³/mol. The minimum absolute atomic E-state index is 0. The smallest absolute Gasteiger partial charge is 0.310 e. The highest BCUT2D eigenvalue weighted by Gasteiger charge is 2.10. The van der Waals surface area contributed by atoms with Crippen molar-refractivity contribution in [2.24, 2.45) is 0 Å². The summed E-state index contributed by atoms with van der Waals surface area (Å²) in [4.78, 5) is 14.1. The van der Waals surface area contributed by atoms with Crippen molar-refractivity contribution in [3.8, 4) is 0 Å². The lowest BCUT2D eigenvalue weighted by Crippen LogP contribution is -2.28. The lowest BCUT2D eigenvalue weighted by atomic mass is 10.1. The van der Waals surface area contributed by atoms with E-state index in [9.17, 15) is 4.79 Å². The molecule has 0 aliphatic heterocycles. The molecule has 1 heterocycles. The second-order valence-electron chi connectivity index (χ2n) is 4.68. The van der Waals surface area contributed by atoms with E-state index in [1.54, 1.807) is 11.3 Å². The van der Waals surface area contributed by atoms with Gasteiger partial charge in [0.2, 0.25) is 0 Å². The van der Waals surface area contributed by atoms with E-state index in [0.717, 1.165) is 30.6 Å². The van der Waals surface area contributed by atoms with Crippen molar-refractivity contribution in [3.63, 3.8) is 0 Å². The van der Waals surface area contributed by atoms with Crippen LogP contribution < -0.4 is 0 Å². The van der Waals surface area contributed by atoms with E-state index in [-0.39, 0.29) is 18.4 Å². The van der Waals surface area contributed by atoms with Gasteiger partial charge < -0.3 is 9.64 Å². The summed E-state index contributed by atoms with van der Waals surface area (Å²) in [7, 11) is 0. The van der Waals surface area contributed by atoms with Crippen LogP contribution in [0.2, 0.25) is 0 Å². The molecule has 0 unspecified atom stereocenters. The zero-order valence-corrected chi connectivity index (χ0v) is 14.1. The standard InChI is InChI=1S/C16H21NO2S.ClH/c1-3-17(4-2)9-10-19-16(18)11-13-12-20-15-8-6-5-7-14(13)15;/h5-8,12H,3-4,9-11H2,1-2H3;1H. The fraction of sp³-hybridized carbons (Fsp3) is 0.438. The summed E-state index contributed by atoms with van der Waals surface area (Å²) >= 11 is 1.68. The highest BCUT2D eigenvalue weighted by molar-refractivity contribution is 7.17. The number of hydrogen-bond acceptors (Lipinski definition) is 4. The molecule has 116 valence electrons. The molecule has 0 saturated carbocycles. The number of carbonyl (C=O) groups excluding carboxylic acids is 1. The van der Waals surface area contributed by atoms with Gasteiger partial charge in [0.15, 0.2) is 0 Å². The summed E-state index contributed by atoms with van der Waals surface area (Å²) < 4.78 is 6.54. The molecule has 0 atom stereocenters. The van der Waals surface area contributed by atoms with Gasteiger partial charge in [0.1, 0.15) is 6.61 Å². The molecule has 0 radical (unpaired) electrons. The number of ether oxygens (including phenoxy) is 1. The summed E-state index contributed by atoms with van der Waals surface area (Å²) in [6.45, 7) is 7.49. The molecule has 1 aromatic heterocycles. The molecule has 2 aromatic rings. The van der Waals surface area contributed by atoms with Gasteiger partial charge in [-0.3, -0.25) is 4.79 Å². The van der Waals surface area contributed by atoms with Crippen molar-refractivity contribution < 1.29 is 9.53 Å². The summed E-state index contributed by atoms with van der Waals surface area (Å²) in [6, 6.07) is 8.16. The van der Waals surface area contributed by atoms with E-state index in [1.165, 1.54) is 4.70 Å². The second-order valence-corrected chi connectivity index (χ2v) is 5.59. The number of carbonyl (C=O) groups is 1. The number of halogens is 1. The molecule has 0 N–H and O–H groups in total. The fourth-order valence-electron chi connectivity index (χ4n) is 2.20. The van der Waals surface area contributed by atoms with Gasteiger partial charge in [0.25, 0.3) is 0 Å². The van der Waals surface area contributed by atoms with E-state index in [0.29, 0.717) is 13.0 Å². The Kier molecular flexibility index (Phi) is 7.72. The van der Waals surface area contributed by atoms with Gasteiger partial charge in [0.05, 0.1) is 6.42 Å². The van der Waals surface area contributed by atoms with Crippen LogP contribution in [0.15, 0.2) is 29.6 Å². The number of nitrogens with zero attached hydrogens (tertiary/aromatic N) is 1. The van der Waals surface area contributed by atoms with Gasteiger partial charge in [-0.2, -0.15) is 0 Å². The molecule has 0 aliphatic rings. The van der Waals surface area contributed by atoms with Crippen molar-refractivity contribution in [2.75, 3.05) is 26.2 Å². The first-order chi connectivity index (χ1) is 9.74. The third-order valence-corrected chi connectivity index (χ3v) is 4.47. The Hall–Kier alpha value is -1.10. The molecule has 0 bridgehead atoms. The van der Waals surface area contributed by atoms with Crippen molar-refractivity contribution in [2.45, 2.75) is 20.3 Å². The normalized spacial score (nSPS) is 10.6. The Morgan fingerprint density at radius 1 is 1.24 bits per heavy atom. The molecule has 3 nitrogen and oxygen atoms in total. The summed E-state index contributed by atoms with van der Waals surface area (Å²) in [5, 5.41) is 3.22. The maximum Gasteiger partial charge on any atom is 0.310 e. The quantitative estimate of drug-likeness (QED) is 0.725. The van der Waals surface area contributed by atoms with E-state index in [2.05, 4.69) is 36.3 Å². The number of esters is 1. The molecule has 0 spiro atoms. The molecule has 0 fully saturated rings. The Morgan fingerprint density at radius 2 is 1.95 bits per heavy atom. The Morgan fingerprint density at radius 3 is 2.67 bits per heavy atom. The minimum atomic E-state index is -0.138. The highest BCUT2D eigenvalue weighted by Crippen LogP contribution is 2.26. The average molecular weight is 328 g/mol. The van der Waals surface area contributed by atoms with Gasteiger partial charge in [-0.15, -0.1) is 23.7 Å². The molecule has 1 aromatic carbocycles. The van der Waals surface area contributed by atoms with Crippen molar-refractivity contribution in [3.05, 3.63) is 35.2 Å². The number of thiophene rings is 1. The van der Waals surface area contributed by atoms with Crippen LogP contribution in [0, 0.1) is 0 Å². The number of likely N-dealkylation sites (N-methyl/N-ethyl adjacent to an activating group) is 1. The summed E-state index contributed by atoms with van der Waals surface area (Å²) in [6.07, 6.45) is 0.363. The van der Waals surface area contributed by atoms with Crippen LogP contribution in [0.4, 0.5) is 0 Å². The Balaban J connectivity index is 0.00000220. The van der Waals surface area contributed by atoms with Crippen LogP contribution in [0.3, 0.4) is 0 Å². The zero-order chi connectivity index (χ0) is 14.4. The van der Waals surface area contributed by atoms with Gasteiger partial charge in [-0.1, -0.05) is 32.0 Å². The first kappa shape index (κ1) is 18.0. The molecule has 21 heavy (non-hydrogen) atoms. The lowest BCUT2D eigenvalue weighted by molar-refractivity contribution is -0.143. The minimum Gasteiger partial charge on any atom is -0.464 e. The van der Waals surface area contributed by atoms with Gasteiger partial charge in [-0.25, -0.2) is 0 Å². The van der Waals surface area contributed by atoms with Crippen LogP contribution in [0.1, 0.15) is 19.4 Å². The molecular weight excluding hydrogens is 306 g/mol. The molecule has 2 rings (SSSR count). The summed E-state index contributed by atoms with van der Waals surface area (Å²) in [5.74, 6) is -0.138. The average Bonchev–Trinajstić information content (AvgIpc) is 2.87. The lowest BCUT2D eigenvalue weighted by Gasteiger charge is -2.17. The van der Waals surface area contributed by atoms with Crippen LogP contribution in [-0.4, -0.2) is 37.1 Å². The van der Waals surface area contributed by atoms with Gasteiger partial charge >= 0.3 is 5.97 Å². The first-order valence-corrected chi connectivity index (χ1v) is 7.95. The SMILES string of the molecule is CCN(CC)CCOC(=O)Cc1csc2ccccc12.Cl. The predicted octanol–water partition coefficient (Wildman–Crippen LogP) is 3.75. The van der Waals surface area contributed by atoms with Crippen LogP contribution in [0.25, 0.3) is 10.1 Å². The highest BCUT2D eigenvalue weighted by atomic mass is 35.5. The maximum absolute atomic E-state index is 11.9. The van der Waals surface area contributed by atoms with Gasteiger partial charge in [0, 0.05) is 11.2 Å².